The highest BCUT2D eigenvalue weighted by Gasteiger charge is 2.20. The van der Waals surface area contributed by atoms with Gasteiger partial charge in [-0.2, -0.15) is 0 Å². The predicted molar refractivity (Wildman–Crippen MR) is 51.2 cm³/mol. The Labute approximate surface area is 76.7 Å². The summed E-state index contributed by atoms with van der Waals surface area (Å²) in [5.41, 5.74) is 7.47. The molecule has 1 atom stereocenters. The van der Waals surface area contributed by atoms with Gasteiger partial charge >= 0.3 is 0 Å². The summed E-state index contributed by atoms with van der Waals surface area (Å²) in [6.07, 6.45) is 1.17. The van der Waals surface area contributed by atoms with Crippen LogP contribution in [0.15, 0.2) is 18.2 Å². The first-order chi connectivity index (χ1) is 5.77. The number of hydrogen-bond donors (Lipinski definition) is 2. The van der Waals surface area contributed by atoms with Gasteiger partial charge in [0.15, 0.2) is 0 Å². The van der Waals surface area contributed by atoms with Gasteiger partial charge in [-0.25, -0.2) is 0 Å². The minimum atomic E-state index is 0.443. The Morgan fingerprint density at radius 3 is 2.75 bits per heavy atom. The number of nitrogens with one attached hydrogen (secondary N) is 1. The van der Waals surface area contributed by atoms with Gasteiger partial charge in [0, 0.05) is 16.8 Å². The molecule has 1 aliphatic rings. The number of anilines is 1. The fourth-order valence-corrected chi connectivity index (χ4v) is 1.70. The van der Waals surface area contributed by atoms with Gasteiger partial charge in [0.2, 0.25) is 0 Å². The monoisotopic (exact) mass is 182 g/mol. The summed E-state index contributed by atoms with van der Waals surface area (Å²) in [5, 5.41) is 4.07. The molecular formula is C9H11ClN2. The number of rotatable bonds is 1. The Morgan fingerprint density at radius 2 is 2.25 bits per heavy atom. The summed E-state index contributed by atoms with van der Waals surface area (Å²) in [7, 11) is 0. The van der Waals surface area contributed by atoms with Crippen molar-refractivity contribution in [1.82, 2.24) is 5.32 Å². The van der Waals surface area contributed by atoms with Gasteiger partial charge < -0.3 is 11.1 Å². The molecule has 1 saturated heterocycles. The van der Waals surface area contributed by atoms with Gasteiger partial charge in [0.25, 0.3) is 0 Å². The maximum absolute atomic E-state index is 6.02. The molecule has 64 valence electrons. The van der Waals surface area contributed by atoms with E-state index in [0.717, 1.165) is 22.8 Å². The topological polar surface area (TPSA) is 38.0 Å². The molecule has 0 aliphatic carbocycles. The maximum Gasteiger partial charge on any atom is 0.0474 e. The van der Waals surface area contributed by atoms with Gasteiger partial charge in [-0.1, -0.05) is 17.7 Å². The van der Waals surface area contributed by atoms with Crippen molar-refractivity contribution in [2.75, 3.05) is 12.3 Å². The van der Waals surface area contributed by atoms with Gasteiger partial charge in [0.05, 0.1) is 0 Å². The van der Waals surface area contributed by atoms with E-state index in [4.69, 9.17) is 17.3 Å². The SMILES string of the molecule is Nc1ccc(C2CCN2)c(Cl)c1. The molecule has 0 bridgehead atoms. The molecule has 0 spiro atoms. The first-order valence-electron chi connectivity index (χ1n) is 4.05. The van der Waals surface area contributed by atoms with Crippen LogP contribution in [0.5, 0.6) is 0 Å². The van der Waals surface area contributed by atoms with Crippen LogP contribution in [0.1, 0.15) is 18.0 Å². The standard InChI is InChI=1S/C9H11ClN2/c10-8-5-6(11)1-2-7(8)9-3-4-12-9/h1-2,5,9,12H,3-4,11H2. The first kappa shape index (κ1) is 7.90. The molecule has 1 heterocycles. The highest BCUT2D eigenvalue weighted by molar-refractivity contribution is 6.31. The maximum atomic E-state index is 6.02. The van der Waals surface area contributed by atoms with Crippen LogP contribution in [0.4, 0.5) is 5.69 Å². The van der Waals surface area contributed by atoms with Crippen LogP contribution in [0, 0.1) is 0 Å². The molecule has 1 fully saturated rings. The summed E-state index contributed by atoms with van der Waals surface area (Å²) in [6, 6.07) is 6.13. The lowest BCUT2D eigenvalue weighted by atomic mass is 9.98. The third kappa shape index (κ3) is 1.28. The average molecular weight is 183 g/mol. The normalized spacial score (nSPS) is 21.9. The lowest BCUT2D eigenvalue weighted by Gasteiger charge is -2.28. The van der Waals surface area contributed by atoms with Gasteiger partial charge in [-0.15, -0.1) is 0 Å². The van der Waals surface area contributed by atoms with Crippen molar-refractivity contribution < 1.29 is 0 Å². The van der Waals surface area contributed by atoms with Crippen molar-refractivity contribution in [2.24, 2.45) is 0 Å². The summed E-state index contributed by atoms with van der Waals surface area (Å²) in [5.74, 6) is 0. The lowest BCUT2D eigenvalue weighted by Crippen LogP contribution is -2.35. The zero-order valence-electron chi connectivity index (χ0n) is 6.68. The molecule has 0 saturated carbocycles. The number of nitrogens with two attached hydrogens (primary N) is 1. The minimum Gasteiger partial charge on any atom is -0.399 e. The first-order valence-corrected chi connectivity index (χ1v) is 4.43. The summed E-state index contributed by atoms with van der Waals surface area (Å²) < 4.78 is 0. The van der Waals surface area contributed by atoms with Crippen LogP contribution in [-0.2, 0) is 0 Å². The van der Waals surface area contributed by atoms with Crippen molar-refractivity contribution in [3.05, 3.63) is 28.8 Å². The van der Waals surface area contributed by atoms with Gasteiger partial charge in [-0.3, -0.25) is 0 Å². The molecule has 1 aromatic carbocycles. The van der Waals surface area contributed by atoms with E-state index in [-0.39, 0.29) is 0 Å². The Bertz CT molecular complexity index is 295. The molecular weight excluding hydrogens is 172 g/mol. The number of nitrogen functional groups attached to an aromatic ring is 1. The second-order valence-corrected chi connectivity index (χ2v) is 3.48. The molecule has 1 unspecified atom stereocenters. The smallest absolute Gasteiger partial charge is 0.0474 e. The number of halogens is 1. The quantitative estimate of drug-likeness (QED) is 0.652. The van der Waals surface area contributed by atoms with E-state index in [1.54, 1.807) is 6.07 Å². The predicted octanol–water partition coefficient (Wildman–Crippen LogP) is 1.96. The largest absolute Gasteiger partial charge is 0.399 e. The molecule has 1 aromatic rings. The van der Waals surface area contributed by atoms with Crippen LogP contribution in [0.3, 0.4) is 0 Å². The molecule has 0 radical (unpaired) electrons. The molecule has 3 heteroatoms. The Morgan fingerprint density at radius 1 is 1.50 bits per heavy atom. The van der Waals surface area contributed by atoms with Crippen molar-refractivity contribution in [3.8, 4) is 0 Å². The van der Waals surface area contributed by atoms with E-state index in [0.29, 0.717) is 6.04 Å². The fourth-order valence-electron chi connectivity index (χ4n) is 1.38. The van der Waals surface area contributed by atoms with Crippen LogP contribution in [-0.4, -0.2) is 6.54 Å². The van der Waals surface area contributed by atoms with Crippen LogP contribution in [0.2, 0.25) is 5.02 Å². The van der Waals surface area contributed by atoms with E-state index in [1.807, 2.05) is 12.1 Å². The third-order valence-corrected chi connectivity index (χ3v) is 2.55. The molecule has 3 N–H and O–H groups in total. The van der Waals surface area contributed by atoms with Gasteiger partial charge in [0.1, 0.15) is 0 Å². The highest BCUT2D eigenvalue weighted by atomic mass is 35.5. The molecule has 2 rings (SSSR count). The molecule has 0 amide bonds. The molecule has 2 nitrogen and oxygen atoms in total. The van der Waals surface area contributed by atoms with E-state index < -0.39 is 0 Å². The highest BCUT2D eigenvalue weighted by Crippen LogP contribution is 2.30. The van der Waals surface area contributed by atoms with Crippen molar-refractivity contribution in [3.63, 3.8) is 0 Å². The third-order valence-electron chi connectivity index (χ3n) is 2.22. The zero-order chi connectivity index (χ0) is 8.55. The number of hydrogen-bond acceptors (Lipinski definition) is 2. The summed E-state index contributed by atoms with van der Waals surface area (Å²) in [6.45, 7) is 1.09. The number of benzene rings is 1. The van der Waals surface area contributed by atoms with E-state index in [9.17, 15) is 0 Å². The Balaban J connectivity index is 2.31. The van der Waals surface area contributed by atoms with Crippen LogP contribution in [0.25, 0.3) is 0 Å². The second kappa shape index (κ2) is 2.96. The molecule has 12 heavy (non-hydrogen) atoms. The Kier molecular flexibility index (Phi) is 1.95. The summed E-state index contributed by atoms with van der Waals surface area (Å²) >= 11 is 6.02. The second-order valence-electron chi connectivity index (χ2n) is 3.08. The zero-order valence-corrected chi connectivity index (χ0v) is 7.43. The van der Waals surface area contributed by atoms with Crippen molar-refractivity contribution >= 4 is 17.3 Å². The van der Waals surface area contributed by atoms with Crippen LogP contribution >= 0.6 is 11.6 Å². The Hall–Kier alpha value is -0.730. The van der Waals surface area contributed by atoms with Crippen LogP contribution < -0.4 is 11.1 Å². The lowest BCUT2D eigenvalue weighted by molar-refractivity contribution is 0.383. The van der Waals surface area contributed by atoms with Crippen molar-refractivity contribution in [2.45, 2.75) is 12.5 Å². The van der Waals surface area contributed by atoms with Crippen molar-refractivity contribution in [1.29, 1.82) is 0 Å². The molecule has 1 aliphatic heterocycles. The summed E-state index contributed by atoms with van der Waals surface area (Å²) in [4.78, 5) is 0. The van der Waals surface area contributed by atoms with Gasteiger partial charge in [-0.05, 0) is 30.7 Å². The molecule has 0 aromatic heterocycles. The van der Waals surface area contributed by atoms with E-state index >= 15 is 0 Å². The van der Waals surface area contributed by atoms with E-state index in [2.05, 4.69) is 5.32 Å². The minimum absolute atomic E-state index is 0.443. The fraction of sp³-hybridized carbons (Fsp3) is 0.333. The van der Waals surface area contributed by atoms with E-state index in [1.165, 1.54) is 6.42 Å². The average Bonchev–Trinajstić information content (AvgIpc) is 1.91.